The summed E-state index contributed by atoms with van der Waals surface area (Å²) in [6.45, 7) is 0. The maximum Gasteiger partial charge on any atom is 0.249 e. The highest BCUT2D eigenvalue weighted by Crippen LogP contribution is 2.28. The van der Waals surface area contributed by atoms with Crippen LogP contribution in [0.25, 0.3) is 22.8 Å². The molecule has 0 spiro atoms. The normalized spacial score (nSPS) is 10.9. The largest absolute Gasteiger partial charge is 0.497 e. The van der Waals surface area contributed by atoms with E-state index in [1.165, 1.54) is 11.8 Å². The smallest absolute Gasteiger partial charge is 0.249 e. The molecule has 7 nitrogen and oxygen atoms in total. The minimum atomic E-state index is 0.394. The van der Waals surface area contributed by atoms with E-state index in [4.69, 9.17) is 20.8 Å². The lowest BCUT2D eigenvalue weighted by molar-refractivity contribution is 0.415. The highest BCUT2D eigenvalue weighted by molar-refractivity contribution is 7.98. The number of rotatable bonds is 6. The molecule has 0 fully saturated rings. The molecule has 0 unspecified atom stereocenters. The molecular weight excluding hydrogens is 386 g/mol. The molecule has 0 bridgehead atoms. The Balaban J connectivity index is 1.42. The molecule has 2 aromatic carbocycles. The lowest BCUT2D eigenvalue weighted by Gasteiger charge is -1.99. The van der Waals surface area contributed by atoms with E-state index in [9.17, 15) is 0 Å². The number of H-pyrrole nitrogens is 1. The Hall–Kier alpha value is -2.84. The molecular formula is C18H14ClN5O2S. The van der Waals surface area contributed by atoms with Gasteiger partial charge in [-0.15, -0.1) is 15.3 Å². The standard InChI is InChI=1S/C18H14ClN5O2S/c1-25-12-8-6-11(7-9-12)16-20-18(24-22-16)27-10-15-21-23-17(26-15)13-4-2-3-5-14(13)19/h2-9H,10H2,1H3,(H,20,22,24). The van der Waals surface area contributed by atoms with Crippen LogP contribution in [-0.2, 0) is 5.75 Å². The van der Waals surface area contributed by atoms with Crippen LogP contribution in [0, 0.1) is 0 Å². The van der Waals surface area contributed by atoms with Crippen molar-refractivity contribution in [1.82, 2.24) is 25.4 Å². The molecule has 2 heterocycles. The van der Waals surface area contributed by atoms with Gasteiger partial charge in [0.05, 0.1) is 23.4 Å². The average molecular weight is 400 g/mol. The van der Waals surface area contributed by atoms with Gasteiger partial charge in [-0.1, -0.05) is 35.5 Å². The van der Waals surface area contributed by atoms with Crippen LogP contribution in [0.2, 0.25) is 5.02 Å². The molecule has 0 saturated carbocycles. The van der Waals surface area contributed by atoms with Gasteiger partial charge in [0.1, 0.15) is 5.75 Å². The fourth-order valence-electron chi connectivity index (χ4n) is 2.37. The number of methoxy groups -OCH3 is 1. The van der Waals surface area contributed by atoms with Crippen molar-refractivity contribution in [2.75, 3.05) is 7.11 Å². The van der Waals surface area contributed by atoms with Crippen molar-refractivity contribution in [2.24, 2.45) is 0 Å². The Bertz CT molecular complexity index is 1050. The van der Waals surface area contributed by atoms with E-state index in [1.807, 2.05) is 42.5 Å². The Morgan fingerprint density at radius 2 is 1.93 bits per heavy atom. The second kappa shape index (κ2) is 7.81. The van der Waals surface area contributed by atoms with Crippen molar-refractivity contribution in [3.63, 3.8) is 0 Å². The fraction of sp³-hybridized carbons (Fsp3) is 0.111. The number of thioether (sulfide) groups is 1. The molecule has 9 heteroatoms. The average Bonchev–Trinajstić information content (AvgIpc) is 3.36. The second-order valence-corrected chi connectivity index (χ2v) is 6.81. The summed E-state index contributed by atoms with van der Waals surface area (Å²) in [5, 5.41) is 16.4. The zero-order valence-corrected chi connectivity index (χ0v) is 15.8. The number of hydrogen-bond acceptors (Lipinski definition) is 7. The number of hydrogen-bond donors (Lipinski definition) is 1. The third kappa shape index (κ3) is 3.96. The molecule has 0 atom stereocenters. The maximum absolute atomic E-state index is 6.16. The highest BCUT2D eigenvalue weighted by atomic mass is 35.5. The predicted octanol–water partition coefficient (Wildman–Crippen LogP) is 4.48. The summed E-state index contributed by atoms with van der Waals surface area (Å²) in [7, 11) is 1.63. The third-order valence-corrected chi connectivity index (χ3v) is 4.89. The molecule has 0 amide bonds. The van der Waals surface area contributed by atoms with Crippen LogP contribution in [0.5, 0.6) is 5.75 Å². The van der Waals surface area contributed by atoms with Crippen molar-refractivity contribution in [1.29, 1.82) is 0 Å². The molecule has 4 aromatic rings. The topological polar surface area (TPSA) is 89.7 Å². The number of ether oxygens (including phenoxy) is 1. The summed E-state index contributed by atoms with van der Waals surface area (Å²) in [5.41, 5.74) is 1.64. The highest BCUT2D eigenvalue weighted by Gasteiger charge is 2.13. The van der Waals surface area contributed by atoms with E-state index in [1.54, 1.807) is 13.2 Å². The monoisotopic (exact) mass is 399 g/mol. The summed E-state index contributed by atoms with van der Waals surface area (Å²) >= 11 is 7.56. The molecule has 0 aliphatic heterocycles. The first kappa shape index (κ1) is 17.6. The number of halogens is 1. The van der Waals surface area contributed by atoms with Gasteiger partial charge in [0.15, 0.2) is 5.82 Å². The van der Waals surface area contributed by atoms with Crippen molar-refractivity contribution in [2.45, 2.75) is 10.9 Å². The number of aromatic amines is 1. The van der Waals surface area contributed by atoms with Gasteiger partial charge in [-0.3, -0.25) is 5.10 Å². The Kier molecular flexibility index (Phi) is 5.08. The summed E-state index contributed by atoms with van der Waals surface area (Å²) < 4.78 is 10.8. The molecule has 136 valence electrons. The first-order chi connectivity index (χ1) is 13.2. The zero-order chi connectivity index (χ0) is 18.6. The van der Waals surface area contributed by atoms with E-state index in [2.05, 4.69) is 25.4 Å². The van der Waals surface area contributed by atoms with Crippen LogP contribution in [0.4, 0.5) is 0 Å². The van der Waals surface area contributed by atoms with Gasteiger partial charge in [0.25, 0.3) is 0 Å². The lowest BCUT2D eigenvalue weighted by Crippen LogP contribution is -1.84. The summed E-state index contributed by atoms with van der Waals surface area (Å²) in [4.78, 5) is 4.47. The van der Waals surface area contributed by atoms with E-state index in [0.29, 0.717) is 39.1 Å². The van der Waals surface area contributed by atoms with Crippen LogP contribution in [-0.4, -0.2) is 32.5 Å². The van der Waals surface area contributed by atoms with Gasteiger partial charge in [-0.25, -0.2) is 4.98 Å². The molecule has 0 aliphatic rings. The van der Waals surface area contributed by atoms with Gasteiger partial charge in [0, 0.05) is 5.56 Å². The number of benzene rings is 2. The van der Waals surface area contributed by atoms with E-state index in [-0.39, 0.29) is 0 Å². The van der Waals surface area contributed by atoms with Crippen molar-refractivity contribution in [3.05, 3.63) is 59.4 Å². The first-order valence-electron chi connectivity index (χ1n) is 8.00. The molecule has 2 aromatic heterocycles. The molecule has 1 N–H and O–H groups in total. The Morgan fingerprint density at radius 1 is 1.11 bits per heavy atom. The fourth-order valence-corrected chi connectivity index (χ4v) is 3.22. The molecule has 0 aliphatic carbocycles. The predicted molar refractivity (Wildman–Crippen MR) is 103 cm³/mol. The van der Waals surface area contributed by atoms with Gasteiger partial charge < -0.3 is 9.15 Å². The van der Waals surface area contributed by atoms with Gasteiger partial charge >= 0.3 is 0 Å². The van der Waals surface area contributed by atoms with Crippen molar-refractivity contribution < 1.29 is 9.15 Å². The van der Waals surface area contributed by atoms with E-state index < -0.39 is 0 Å². The second-order valence-electron chi connectivity index (χ2n) is 5.46. The van der Waals surface area contributed by atoms with Crippen LogP contribution >= 0.6 is 23.4 Å². The van der Waals surface area contributed by atoms with Crippen molar-refractivity contribution in [3.8, 4) is 28.6 Å². The van der Waals surface area contributed by atoms with E-state index >= 15 is 0 Å². The minimum Gasteiger partial charge on any atom is -0.497 e. The van der Waals surface area contributed by atoms with E-state index in [0.717, 1.165) is 11.3 Å². The van der Waals surface area contributed by atoms with Crippen molar-refractivity contribution >= 4 is 23.4 Å². The quantitative estimate of drug-likeness (QED) is 0.478. The Labute approximate surface area is 164 Å². The maximum atomic E-state index is 6.16. The van der Waals surface area contributed by atoms with Crippen LogP contribution < -0.4 is 4.74 Å². The molecule has 27 heavy (non-hydrogen) atoms. The summed E-state index contributed by atoms with van der Waals surface area (Å²) in [6, 6.07) is 14.9. The number of aromatic nitrogens is 5. The van der Waals surface area contributed by atoms with Gasteiger partial charge in [0.2, 0.25) is 16.9 Å². The summed E-state index contributed by atoms with van der Waals surface area (Å²) in [6.07, 6.45) is 0. The first-order valence-corrected chi connectivity index (χ1v) is 9.36. The molecule has 0 radical (unpaired) electrons. The lowest BCUT2D eigenvalue weighted by atomic mass is 10.2. The number of nitrogens with one attached hydrogen (secondary N) is 1. The minimum absolute atomic E-state index is 0.394. The SMILES string of the molecule is COc1ccc(-c2nc(SCc3nnc(-c4ccccc4Cl)o3)n[nH]2)cc1. The Morgan fingerprint density at radius 3 is 2.70 bits per heavy atom. The van der Waals surface area contributed by atoms with Crippen LogP contribution in [0.15, 0.2) is 58.1 Å². The van der Waals surface area contributed by atoms with Crippen LogP contribution in [0.3, 0.4) is 0 Å². The molecule has 0 saturated heterocycles. The third-order valence-electron chi connectivity index (χ3n) is 3.72. The summed E-state index contributed by atoms with van der Waals surface area (Å²) in [5.74, 6) is 2.80. The van der Waals surface area contributed by atoms with Gasteiger partial charge in [-0.2, -0.15) is 0 Å². The molecule has 4 rings (SSSR count). The van der Waals surface area contributed by atoms with Crippen LogP contribution in [0.1, 0.15) is 5.89 Å². The van der Waals surface area contributed by atoms with Gasteiger partial charge in [-0.05, 0) is 36.4 Å². The number of nitrogens with zero attached hydrogens (tertiary/aromatic N) is 4. The zero-order valence-electron chi connectivity index (χ0n) is 14.2.